The topological polar surface area (TPSA) is 63.2 Å². The van der Waals surface area contributed by atoms with Crippen molar-refractivity contribution in [1.82, 2.24) is 0 Å². The number of esters is 1. The van der Waals surface area contributed by atoms with Crippen molar-refractivity contribution in [3.05, 3.63) is 24.3 Å². The highest BCUT2D eigenvalue weighted by atomic mass is 17.2. The molecule has 0 bridgehead atoms. The molecule has 1 aromatic carbocycles. The number of hydrogen-bond donors (Lipinski definition) is 0. The quantitative estimate of drug-likeness (QED) is 0.302. The van der Waals surface area contributed by atoms with Gasteiger partial charge in [-0.1, -0.05) is 6.42 Å². The molecule has 1 aromatic rings. The maximum atomic E-state index is 10.6. The summed E-state index contributed by atoms with van der Waals surface area (Å²) in [6.07, 6.45) is 3.20. The molecule has 126 valence electrons. The van der Waals surface area contributed by atoms with E-state index in [0.717, 1.165) is 30.8 Å². The average molecular weight is 314 g/mol. The van der Waals surface area contributed by atoms with Crippen molar-refractivity contribution in [3.63, 3.8) is 0 Å². The second-order valence-corrected chi connectivity index (χ2v) is 4.26. The normalized spacial score (nSPS) is 9.45. The Kier molecular flexibility index (Phi) is 13.0. The van der Waals surface area contributed by atoms with Gasteiger partial charge in [-0.3, -0.25) is 4.79 Å². The van der Waals surface area contributed by atoms with Crippen LogP contribution in [0.15, 0.2) is 24.3 Å². The summed E-state index contributed by atoms with van der Waals surface area (Å²) < 4.78 is 14.4. The molecular weight excluding hydrogens is 288 g/mol. The molecule has 1 rings (SSSR count). The first kappa shape index (κ1) is 20.2. The van der Waals surface area contributed by atoms with Gasteiger partial charge < -0.3 is 14.2 Å². The van der Waals surface area contributed by atoms with Crippen molar-refractivity contribution >= 4 is 5.97 Å². The standard InChI is InChI=1S/C8H16O4.C8H10O2/c1-10-8(9)6-4-3-5-7-12-11-2;1-9-7-3-5-8(10-2)6-4-7/h3-7H2,1-2H3;3-6H,1-2H3. The molecule has 0 aliphatic rings. The smallest absolute Gasteiger partial charge is 0.305 e. The van der Waals surface area contributed by atoms with E-state index < -0.39 is 0 Å². The molecule has 0 fully saturated rings. The van der Waals surface area contributed by atoms with Gasteiger partial charge in [-0.25, -0.2) is 9.78 Å². The molecular formula is C16H26O6. The van der Waals surface area contributed by atoms with Gasteiger partial charge in [-0.2, -0.15) is 0 Å². The molecule has 0 heterocycles. The van der Waals surface area contributed by atoms with Crippen LogP contribution in [0.1, 0.15) is 25.7 Å². The van der Waals surface area contributed by atoms with Crippen LogP contribution >= 0.6 is 0 Å². The summed E-state index contributed by atoms with van der Waals surface area (Å²) in [5, 5.41) is 0. The minimum Gasteiger partial charge on any atom is -0.497 e. The number of carbonyl (C=O) groups is 1. The van der Waals surface area contributed by atoms with Crippen molar-refractivity contribution in [1.29, 1.82) is 0 Å². The van der Waals surface area contributed by atoms with Gasteiger partial charge >= 0.3 is 5.97 Å². The Balaban J connectivity index is 0.000000406. The van der Waals surface area contributed by atoms with Crippen LogP contribution in [-0.4, -0.2) is 41.0 Å². The number of rotatable bonds is 9. The van der Waals surface area contributed by atoms with E-state index in [1.165, 1.54) is 14.2 Å². The molecule has 0 N–H and O–H groups in total. The lowest BCUT2D eigenvalue weighted by Gasteiger charge is -2.00. The lowest BCUT2D eigenvalue weighted by molar-refractivity contribution is -0.272. The molecule has 6 heteroatoms. The van der Waals surface area contributed by atoms with Crippen LogP contribution in [0.3, 0.4) is 0 Å². The number of hydrogen-bond acceptors (Lipinski definition) is 6. The summed E-state index contributed by atoms with van der Waals surface area (Å²) in [6, 6.07) is 7.44. The molecule has 6 nitrogen and oxygen atoms in total. The first-order valence-corrected chi connectivity index (χ1v) is 7.08. The summed E-state index contributed by atoms with van der Waals surface area (Å²) >= 11 is 0. The van der Waals surface area contributed by atoms with E-state index in [4.69, 9.17) is 9.47 Å². The monoisotopic (exact) mass is 314 g/mol. The van der Waals surface area contributed by atoms with E-state index in [9.17, 15) is 4.79 Å². The van der Waals surface area contributed by atoms with Gasteiger partial charge in [-0.05, 0) is 37.1 Å². The predicted molar refractivity (Wildman–Crippen MR) is 83.0 cm³/mol. The van der Waals surface area contributed by atoms with Gasteiger partial charge in [0, 0.05) is 6.42 Å². The maximum absolute atomic E-state index is 10.6. The van der Waals surface area contributed by atoms with Crippen molar-refractivity contribution in [2.75, 3.05) is 35.0 Å². The first-order chi connectivity index (χ1) is 10.7. The fourth-order valence-corrected chi connectivity index (χ4v) is 1.50. The first-order valence-electron chi connectivity index (χ1n) is 7.08. The largest absolute Gasteiger partial charge is 0.497 e. The summed E-state index contributed by atoms with van der Waals surface area (Å²) in [4.78, 5) is 19.7. The van der Waals surface area contributed by atoms with Gasteiger partial charge in [0.15, 0.2) is 0 Å². The van der Waals surface area contributed by atoms with Crippen molar-refractivity contribution in [2.45, 2.75) is 25.7 Å². The van der Waals surface area contributed by atoms with E-state index in [-0.39, 0.29) is 5.97 Å². The summed E-state index contributed by atoms with van der Waals surface area (Å²) in [6.45, 7) is 0.581. The van der Waals surface area contributed by atoms with Crippen molar-refractivity contribution in [2.24, 2.45) is 0 Å². The third-order valence-corrected chi connectivity index (χ3v) is 2.75. The highest BCUT2D eigenvalue weighted by Crippen LogP contribution is 2.15. The number of unbranched alkanes of at least 4 members (excludes halogenated alkanes) is 2. The number of carbonyl (C=O) groups excluding carboxylic acids is 1. The lowest BCUT2D eigenvalue weighted by Crippen LogP contribution is -2.00. The van der Waals surface area contributed by atoms with Gasteiger partial charge in [0.1, 0.15) is 11.5 Å². The Bertz CT molecular complexity index is 354. The van der Waals surface area contributed by atoms with Crippen LogP contribution in [0.2, 0.25) is 0 Å². The Morgan fingerprint density at radius 1 is 0.864 bits per heavy atom. The Morgan fingerprint density at radius 2 is 1.41 bits per heavy atom. The zero-order valence-corrected chi connectivity index (χ0v) is 13.8. The van der Waals surface area contributed by atoms with Gasteiger partial charge in [-0.15, -0.1) is 0 Å². The van der Waals surface area contributed by atoms with Crippen molar-refractivity contribution < 1.29 is 28.8 Å². The highest BCUT2D eigenvalue weighted by molar-refractivity contribution is 5.68. The van der Waals surface area contributed by atoms with Crippen LogP contribution in [-0.2, 0) is 19.3 Å². The van der Waals surface area contributed by atoms with Gasteiger partial charge in [0.05, 0.1) is 35.0 Å². The minimum absolute atomic E-state index is 0.150. The maximum Gasteiger partial charge on any atom is 0.305 e. The second-order valence-electron chi connectivity index (χ2n) is 4.26. The fraction of sp³-hybridized carbons (Fsp3) is 0.562. The highest BCUT2D eigenvalue weighted by Gasteiger charge is 1.98. The molecule has 0 aliphatic carbocycles. The Morgan fingerprint density at radius 3 is 1.82 bits per heavy atom. The molecule has 0 aliphatic heterocycles. The molecule has 22 heavy (non-hydrogen) atoms. The molecule has 0 radical (unpaired) electrons. The van der Waals surface area contributed by atoms with E-state index >= 15 is 0 Å². The minimum atomic E-state index is -0.150. The summed E-state index contributed by atoms with van der Waals surface area (Å²) in [5.74, 6) is 1.55. The SMILES string of the molecule is COOCCCCCC(=O)OC.COc1ccc(OC)cc1. The van der Waals surface area contributed by atoms with Crippen LogP contribution in [0.4, 0.5) is 0 Å². The van der Waals surface area contributed by atoms with E-state index in [2.05, 4.69) is 14.5 Å². The average Bonchev–Trinajstić information content (AvgIpc) is 2.58. The third kappa shape index (κ3) is 10.9. The van der Waals surface area contributed by atoms with Crippen LogP contribution in [0, 0.1) is 0 Å². The van der Waals surface area contributed by atoms with E-state index in [1.807, 2.05) is 24.3 Å². The summed E-state index contributed by atoms with van der Waals surface area (Å²) in [7, 11) is 6.16. The molecule has 0 saturated carbocycles. The van der Waals surface area contributed by atoms with Crippen molar-refractivity contribution in [3.8, 4) is 11.5 Å². The van der Waals surface area contributed by atoms with Crippen LogP contribution < -0.4 is 9.47 Å². The molecule has 0 saturated heterocycles. The Hall–Kier alpha value is -1.79. The Labute approximate surface area is 132 Å². The van der Waals surface area contributed by atoms with Crippen LogP contribution in [0.25, 0.3) is 0 Å². The predicted octanol–water partition coefficient (Wildman–Crippen LogP) is 3.00. The van der Waals surface area contributed by atoms with Crippen LogP contribution in [0.5, 0.6) is 11.5 Å². The number of ether oxygens (including phenoxy) is 3. The molecule has 0 amide bonds. The lowest BCUT2D eigenvalue weighted by atomic mass is 10.2. The van der Waals surface area contributed by atoms with Gasteiger partial charge in [0.2, 0.25) is 0 Å². The third-order valence-electron chi connectivity index (χ3n) is 2.75. The van der Waals surface area contributed by atoms with E-state index in [1.54, 1.807) is 14.2 Å². The number of methoxy groups -OCH3 is 3. The van der Waals surface area contributed by atoms with Gasteiger partial charge in [0.25, 0.3) is 0 Å². The fourth-order valence-electron chi connectivity index (χ4n) is 1.50. The number of benzene rings is 1. The molecule has 0 atom stereocenters. The molecule has 0 unspecified atom stereocenters. The molecule has 0 aromatic heterocycles. The zero-order chi connectivity index (χ0) is 16.6. The molecule has 0 spiro atoms. The zero-order valence-electron chi connectivity index (χ0n) is 13.8. The van der Waals surface area contributed by atoms with E-state index in [0.29, 0.717) is 13.0 Å². The summed E-state index contributed by atoms with van der Waals surface area (Å²) in [5.41, 5.74) is 0. The second kappa shape index (κ2) is 14.2.